The summed E-state index contributed by atoms with van der Waals surface area (Å²) in [5.41, 5.74) is 6.29. The maximum atomic E-state index is 6.21. The fourth-order valence-electron chi connectivity index (χ4n) is 4.87. The van der Waals surface area contributed by atoms with Crippen molar-refractivity contribution in [3.8, 4) is 23.4 Å². The van der Waals surface area contributed by atoms with Gasteiger partial charge in [-0.15, -0.1) is 0 Å². The van der Waals surface area contributed by atoms with Crippen LogP contribution in [0.25, 0.3) is 0 Å². The van der Waals surface area contributed by atoms with Crippen LogP contribution in [0.5, 0.6) is 23.4 Å². The third kappa shape index (κ3) is 10.4. The van der Waals surface area contributed by atoms with Crippen LogP contribution < -0.4 is 19.3 Å². The predicted molar refractivity (Wildman–Crippen MR) is 203 cm³/mol. The van der Waals surface area contributed by atoms with E-state index in [0.717, 1.165) is 33.6 Å². The molecular weight excluding hydrogens is 831 g/mol. The number of halogens is 10. The van der Waals surface area contributed by atoms with Gasteiger partial charge in [0.2, 0.25) is 18.7 Å². The number of alkyl halides is 6. The molecule has 8 nitrogen and oxygen atoms in total. The van der Waals surface area contributed by atoms with Crippen LogP contribution in [0.2, 0.25) is 20.5 Å². The average Bonchev–Trinajstić information content (AvgIpc) is 2.90. The Morgan fingerprint density at radius 2 is 0.938 bits per heavy atom. The topological polar surface area (TPSA) is 76.5 Å². The first-order chi connectivity index (χ1) is 22.0. The third-order valence-corrected chi connectivity index (χ3v) is 8.68. The molecular formula is C30H28Cl10N6O2. The summed E-state index contributed by atoms with van der Waals surface area (Å²) in [5, 5.41) is -0.221. The molecule has 260 valence electrons. The van der Waals surface area contributed by atoms with Crippen molar-refractivity contribution in [1.29, 1.82) is 0 Å². The van der Waals surface area contributed by atoms with Crippen molar-refractivity contribution in [1.82, 2.24) is 19.9 Å². The van der Waals surface area contributed by atoms with E-state index in [9.17, 15) is 0 Å². The van der Waals surface area contributed by atoms with Crippen molar-refractivity contribution >= 4 is 127 Å². The molecule has 0 aliphatic heterocycles. The van der Waals surface area contributed by atoms with Crippen LogP contribution in [0.15, 0.2) is 24.3 Å². The molecule has 48 heavy (non-hydrogen) atoms. The molecule has 18 heteroatoms. The summed E-state index contributed by atoms with van der Waals surface area (Å²) >= 11 is 59.2. The summed E-state index contributed by atoms with van der Waals surface area (Å²) < 4.78 is 7.76. The van der Waals surface area contributed by atoms with Crippen LogP contribution in [0.3, 0.4) is 0 Å². The van der Waals surface area contributed by atoms with E-state index in [1.807, 2.05) is 90.0 Å². The Balaban J connectivity index is 0.000000260. The van der Waals surface area contributed by atoms with Gasteiger partial charge in [0.1, 0.15) is 32.9 Å². The first-order valence-corrected chi connectivity index (χ1v) is 17.3. The number of aromatic nitrogens is 4. The molecule has 4 rings (SSSR count). The fraction of sp³-hybridized carbons (Fsp3) is 0.333. The number of benzene rings is 2. The van der Waals surface area contributed by atoms with Crippen molar-refractivity contribution < 1.29 is 9.47 Å². The Morgan fingerprint density at radius 1 is 0.542 bits per heavy atom. The van der Waals surface area contributed by atoms with E-state index < -0.39 is 7.59 Å². The quantitative estimate of drug-likeness (QED) is 0.108. The van der Waals surface area contributed by atoms with Gasteiger partial charge < -0.3 is 19.3 Å². The Labute approximate surface area is 329 Å². The summed E-state index contributed by atoms with van der Waals surface area (Å²) in [7, 11) is 7.91. The van der Waals surface area contributed by atoms with Crippen LogP contribution in [0, 0.1) is 27.7 Å². The number of anilines is 2. The van der Waals surface area contributed by atoms with Crippen molar-refractivity contribution in [2.75, 3.05) is 38.0 Å². The molecule has 0 unspecified atom stereocenters. The first-order valence-electron chi connectivity index (χ1n) is 13.5. The Kier molecular flexibility index (Phi) is 14.0. The van der Waals surface area contributed by atoms with E-state index in [0.29, 0.717) is 11.5 Å². The molecule has 0 atom stereocenters. The fourth-order valence-corrected chi connectivity index (χ4v) is 6.79. The minimum atomic E-state index is -1.84. The van der Waals surface area contributed by atoms with E-state index in [4.69, 9.17) is 125 Å². The monoisotopic (exact) mass is 854 g/mol. The Bertz CT molecular complexity index is 1750. The molecule has 2 heterocycles. The van der Waals surface area contributed by atoms with E-state index >= 15 is 0 Å². The maximum Gasteiger partial charge on any atom is 0.323 e. The van der Waals surface area contributed by atoms with Gasteiger partial charge >= 0.3 is 6.01 Å². The van der Waals surface area contributed by atoms with Crippen LogP contribution >= 0.6 is 116 Å². The van der Waals surface area contributed by atoms with Crippen LogP contribution in [-0.2, 0) is 7.59 Å². The number of hydrogen-bond donors (Lipinski definition) is 0. The molecule has 2 aromatic heterocycles. The van der Waals surface area contributed by atoms with E-state index in [2.05, 4.69) is 19.9 Å². The molecule has 0 amide bonds. The highest BCUT2D eigenvalue weighted by Gasteiger charge is 2.32. The molecule has 0 spiro atoms. The maximum absolute atomic E-state index is 6.21. The van der Waals surface area contributed by atoms with Crippen molar-refractivity contribution in [3.05, 3.63) is 78.4 Å². The zero-order valence-electron chi connectivity index (χ0n) is 26.6. The molecule has 0 saturated carbocycles. The summed E-state index contributed by atoms with van der Waals surface area (Å²) in [6.45, 7) is 7.93. The van der Waals surface area contributed by atoms with Crippen LogP contribution in [-0.4, -0.2) is 48.1 Å². The largest absolute Gasteiger partial charge is 0.437 e. The second-order valence-electron chi connectivity index (χ2n) is 10.7. The molecule has 2 aromatic carbocycles. The predicted octanol–water partition coefficient (Wildman–Crippen LogP) is 12.2. The number of rotatable bonds is 6. The second-order valence-corrected chi connectivity index (χ2v) is 16.7. The smallest absolute Gasteiger partial charge is 0.323 e. The lowest BCUT2D eigenvalue weighted by Gasteiger charge is -2.20. The van der Waals surface area contributed by atoms with Gasteiger partial charge in [-0.25, -0.2) is 4.98 Å². The lowest BCUT2D eigenvalue weighted by Crippen LogP contribution is -2.12. The standard InChI is InChI=1S/2C15H14Cl5N3O/c1-7-5-9(6-8(2)11(7)23(3)4)24-13-10(16)12(15(18,19)20)21-14(17)22-13;1-7-5-9(6-8(2)11(7)23(3)4)24-14-21-12(15(18,19)20)10(16)13(17)22-14/h2*5-6H,1-4H3. The van der Waals surface area contributed by atoms with Gasteiger partial charge in [0.05, 0.1) is 0 Å². The number of aryl methyl sites for hydroxylation is 4. The summed E-state index contributed by atoms with van der Waals surface area (Å²) in [4.78, 5) is 19.9. The summed E-state index contributed by atoms with van der Waals surface area (Å²) in [6.07, 6.45) is 0. The third-order valence-electron chi connectivity index (χ3n) is 6.37. The second kappa shape index (κ2) is 16.4. The van der Waals surface area contributed by atoms with Gasteiger partial charge in [-0.1, -0.05) is 104 Å². The highest BCUT2D eigenvalue weighted by molar-refractivity contribution is 6.67. The zero-order valence-corrected chi connectivity index (χ0v) is 34.1. The first kappa shape index (κ1) is 41.1. The SMILES string of the molecule is Cc1cc(Oc2nc(Cl)c(Cl)c(C(Cl)(Cl)Cl)n2)cc(C)c1N(C)C.Cc1cc(Oc2nc(Cl)nc(C(Cl)(Cl)Cl)c2Cl)cc(C)c1N(C)C. The number of nitrogens with zero attached hydrogens (tertiary/aromatic N) is 6. The van der Waals surface area contributed by atoms with E-state index in [1.54, 1.807) is 0 Å². The van der Waals surface area contributed by atoms with Crippen molar-refractivity contribution in [2.45, 2.75) is 35.3 Å². The van der Waals surface area contributed by atoms with Gasteiger partial charge in [-0.3, -0.25) is 0 Å². The molecule has 0 radical (unpaired) electrons. The van der Waals surface area contributed by atoms with Gasteiger partial charge in [-0.2, -0.15) is 15.0 Å². The highest BCUT2D eigenvalue weighted by Crippen LogP contribution is 2.45. The van der Waals surface area contributed by atoms with E-state index in [-0.39, 0.29) is 43.8 Å². The minimum Gasteiger partial charge on any atom is -0.437 e. The van der Waals surface area contributed by atoms with Crippen molar-refractivity contribution in [3.63, 3.8) is 0 Å². The van der Waals surface area contributed by atoms with E-state index in [1.165, 1.54) is 0 Å². The van der Waals surface area contributed by atoms with Crippen LogP contribution in [0.4, 0.5) is 11.4 Å². The lowest BCUT2D eigenvalue weighted by molar-refractivity contribution is 0.439. The zero-order chi connectivity index (χ0) is 36.5. The Hall–Kier alpha value is -1.30. The molecule has 0 saturated heterocycles. The summed E-state index contributed by atoms with van der Waals surface area (Å²) in [5.74, 6) is 1.11. The number of ether oxygens (including phenoxy) is 2. The molecule has 0 bridgehead atoms. The summed E-state index contributed by atoms with van der Waals surface area (Å²) in [6, 6.07) is 7.40. The van der Waals surface area contributed by atoms with Gasteiger partial charge in [0.25, 0.3) is 0 Å². The number of hydrogen-bond acceptors (Lipinski definition) is 8. The van der Waals surface area contributed by atoms with Crippen LogP contribution in [0.1, 0.15) is 33.6 Å². The highest BCUT2D eigenvalue weighted by atomic mass is 35.6. The average molecular weight is 859 g/mol. The molecule has 0 aliphatic carbocycles. The minimum absolute atomic E-state index is 0.00797. The molecule has 0 aliphatic rings. The molecule has 0 fully saturated rings. The molecule has 0 N–H and O–H groups in total. The normalized spacial score (nSPS) is 11.5. The van der Waals surface area contributed by atoms with Crippen molar-refractivity contribution in [2.24, 2.45) is 0 Å². The van der Waals surface area contributed by atoms with Gasteiger partial charge in [0, 0.05) is 39.6 Å². The Morgan fingerprint density at radius 3 is 1.33 bits per heavy atom. The molecule has 4 aromatic rings. The van der Waals surface area contributed by atoms with Gasteiger partial charge in [0.15, 0.2) is 5.15 Å². The van der Waals surface area contributed by atoms with Gasteiger partial charge in [-0.05, 0) is 85.8 Å². The lowest BCUT2D eigenvalue weighted by atomic mass is 10.1.